The number of aryl methyl sites for hydroxylation is 2. The second-order valence-corrected chi connectivity index (χ2v) is 6.44. The molecule has 1 heterocycles. The standard InChI is InChI=1S/C18H21NO4S/c1-12-6-8-16(22-3)15(11-12)19-18(21)13(2)23-17(20)9-7-14-5-4-10-24-14/h4-6,8,10-11,13H,7,9H2,1-3H3,(H,19,21)/t13-/m1/s1. The summed E-state index contributed by atoms with van der Waals surface area (Å²) in [7, 11) is 1.54. The molecule has 0 radical (unpaired) electrons. The van der Waals surface area contributed by atoms with Crippen molar-refractivity contribution in [3.8, 4) is 5.75 Å². The molecule has 24 heavy (non-hydrogen) atoms. The minimum atomic E-state index is -0.869. The summed E-state index contributed by atoms with van der Waals surface area (Å²) in [6.45, 7) is 3.48. The van der Waals surface area contributed by atoms with Crippen LogP contribution in [0.4, 0.5) is 5.69 Å². The molecular weight excluding hydrogens is 326 g/mol. The summed E-state index contributed by atoms with van der Waals surface area (Å²) in [5.74, 6) is -0.212. The number of hydrogen-bond donors (Lipinski definition) is 1. The Morgan fingerprint density at radius 2 is 2.08 bits per heavy atom. The molecule has 0 aliphatic rings. The van der Waals surface area contributed by atoms with Crippen LogP contribution in [0.5, 0.6) is 5.75 Å². The number of nitrogens with one attached hydrogen (secondary N) is 1. The first-order valence-corrected chi connectivity index (χ1v) is 8.55. The van der Waals surface area contributed by atoms with Crippen molar-refractivity contribution in [2.24, 2.45) is 0 Å². The number of amides is 1. The monoisotopic (exact) mass is 347 g/mol. The van der Waals surface area contributed by atoms with Gasteiger partial charge in [0.15, 0.2) is 6.10 Å². The lowest BCUT2D eigenvalue weighted by atomic mass is 10.2. The summed E-state index contributed by atoms with van der Waals surface area (Å²) >= 11 is 1.60. The van der Waals surface area contributed by atoms with Crippen molar-refractivity contribution < 1.29 is 19.1 Å². The van der Waals surface area contributed by atoms with Crippen LogP contribution < -0.4 is 10.1 Å². The number of carbonyl (C=O) groups is 2. The lowest BCUT2D eigenvalue weighted by Crippen LogP contribution is -2.30. The number of hydrogen-bond acceptors (Lipinski definition) is 5. The zero-order valence-electron chi connectivity index (χ0n) is 14.0. The summed E-state index contributed by atoms with van der Waals surface area (Å²) in [6.07, 6.45) is 0.00803. The highest BCUT2D eigenvalue weighted by molar-refractivity contribution is 7.09. The highest BCUT2D eigenvalue weighted by Gasteiger charge is 2.19. The number of methoxy groups -OCH3 is 1. The van der Waals surface area contributed by atoms with E-state index in [9.17, 15) is 9.59 Å². The van der Waals surface area contributed by atoms with Gasteiger partial charge in [-0.3, -0.25) is 9.59 Å². The van der Waals surface area contributed by atoms with Crippen LogP contribution in [0.15, 0.2) is 35.7 Å². The highest BCUT2D eigenvalue weighted by Crippen LogP contribution is 2.25. The molecule has 128 valence electrons. The molecule has 0 saturated heterocycles. The SMILES string of the molecule is COc1ccc(C)cc1NC(=O)[C@@H](C)OC(=O)CCc1cccs1. The van der Waals surface area contributed by atoms with E-state index in [1.54, 1.807) is 24.3 Å². The maximum Gasteiger partial charge on any atom is 0.306 e. The Labute approximate surface area is 145 Å². The third-order valence-electron chi connectivity index (χ3n) is 3.45. The molecular formula is C18H21NO4S. The summed E-state index contributed by atoms with van der Waals surface area (Å²) in [6, 6.07) is 9.39. The van der Waals surface area contributed by atoms with Crippen molar-refractivity contribution in [3.05, 3.63) is 46.2 Å². The molecule has 0 aliphatic heterocycles. The minimum Gasteiger partial charge on any atom is -0.495 e. The second-order valence-electron chi connectivity index (χ2n) is 5.40. The fourth-order valence-corrected chi connectivity index (χ4v) is 2.85. The first kappa shape index (κ1) is 18.0. The molecule has 6 heteroatoms. The van der Waals surface area contributed by atoms with E-state index in [1.165, 1.54) is 7.11 Å². The van der Waals surface area contributed by atoms with E-state index < -0.39 is 6.10 Å². The zero-order valence-corrected chi connectivity index (χ0v) is 14.8. The molecule has 1 amide bonds. The molecule has 0 fully saturated rings. The van der Waals surface area contributed by atoms with Gasteiger partial charge in [-0.25, -0.2) is 0 Å². The van der Waals surface area contributed by atoms with E-state index in [1.807, 2.05) is 36.6 Å². The van der Waals surface area contributed by atoms with Gasteiger partial charge in [0.05, 0.1) is 19.2 Å². The Kier molecular flexibility index (Phi) is 6.37. The number of thiophene rings is 1. The molecule has 1 aromatic carbocycles. The Morgan fingerprint density at radius 1 is 1.29 bits per heavy atom. The molecule has 1 atom stereocenters. The molecule has 0 aliphatic carbocycles. The molecule has 0 saturated carbocycles. The van der Waals surface area contributed by atoms with Gasteiger partial charge in [-0.15, -0.1) is 11.3 Å². The van der Waals surface area contributed by atoms with Gasteiger partial charge >= 0.3 is 5.97 Å². The maximum absolute atomic E-state index is 12.2. The Morgan fingerprint density at radius 3 is 2.75 bits per heavy atom. The van der Waals surface area contributed by atoms with Crippen molar-refractivity contribution in [1.82, 2.24) is 0 Å². The lowest BCUT2D eigenvalue weighted by Gasteiger charge is -2.15. The number of carbonyl (C=O) groups excluding carboxylic acids is 2. The summed E-state index contributed by atoms with van der Waals surface area (Å²) in [5, 5.41) is 4.70. The predicted molar refractivity (Wildman–Crippen MR) is 94.6 cm³/mol. The van der Waals surface area contributed by atoms with E-state index in [0.717, 1.165) is 10.4 Å². The molecule has 0 spiro atoms. The summed E-state index contributed by atoms with van der Waals surface area (Å²) in [4.78, 5) is 25.2. The molecule has 1 aromatic heterocycles. The van der Waals surface area contributed by atoms with Gasteiger partial charge in [-0.05, 0) is 49.4 Å². The van der Waals surface area contributed by atoms with Crippen LogP contribution in [0.1, 0.15) is 23.8 Å². The lowest BCUT2D eigenvalue weighted by molar-refractivity contribution is -0.153. The largest absolute Gasteiger partial charge is 0.495 e. The normalized spacial score (nSPS) is 11.6. The predicted octanol–water partition coefficient (Wildman–Crippen LogP) is 3.57. The van der Waals surface area contributed by atoms with Gasteiger partial charge in [-0.1, -0.05) is 12.1 Å². The van der Waals surface area contributed by atoms with Crippen molar-refractivity contribution in [3.63, 3.8) is 0 Å². The average molecular weight is 347 g/mol. The van der Waals surface area contributed by atoms with Crippen molar-refractivity contribution in [1.29, 1.82) is 0 Å². The van der Waals surface area contributed by atoms with Crippen molar-refractivity contribution >= 4 is 28.9 Å². The summed E-state index contributed by atoms with van der Waals surface area (Å²) in [5.41, 5.74) is 1.55. The van der Waals surface area contributed by atoms with Crippen LogP contribution >= 0.6 is 11.3 Å². The molecule has 2 aromatic rings. The minimum absolute atomic E-state index is 0.256. The van der Waals surface area contributed by atoms with Gasteiger partial charge in [0.1, 0.15) is 5.75 Å². The molecule has 2 rings (SSSR count). The van der Waals surface area contributed by atoms with Crippen LogP contribution in [0.2, 0.25) is 0 Å². The van der Waals surface area contributed by atoms with Crippen LogP contribution in [0.25, 0.3) is 0 Å². The Hall–Kier alpha value is -2.34. The first-order valence-electron chi connectivity index (χ1n) is 7.67. The third kappa shape index (κ3) is 5.09. The molecule has 5 nitrogen and oxygen atoms in total. The number of benzene rings is 1. The molecule has 1 N–H and O–H groups in total. The van der Waals surface area contributed by atoms with Crippen LogP contribution in [0, 0.1) is 6.92 Å². The van der Waals surface area contributed by atoms with Crippen LogP contribution in [-0.4, -0.2) is 25.1 Å². The summed E-state index contributed by atoms with van der Waals surface area (Å²) < 4.78 is 10.4. The number of rotatable bonds is 7. The van der Waals surface area contributed by atoms with E-state index in [0.29, 0.717) is 17.9 Å². The maximum atomic E-state index is 12.2. The van der Waals surface area contributed by atoms with E-state index in [4.69, 9.17) is 9.47 Å². The Balaban J connectivity index is 1.87. The van der Waals surface area contributed by atoms with Crippen LogP contribution in [-0.2, 0) is 20.7 Å². The number of ether oxygens (including phenoxy) is 2. The van der Waals surface area contributed by atoms with E-state index in [2.05, 4.69) is 5.32 Å². The van der Waals surface area contributed by atoms with Gasteiger partial charge in [0, 0.05) is 4.88 Å². The Bertz CT molecular complexity index is 697. The first-order chi connectivity index (χ1) is 11.5. The average Bonchev–Trinajstić information content (AvgIpc) is 3.06. The molecule has 0 unspecified atom stereocenters. The number of anilines is 1. The van der Waals surface area contributed by atoms with Gasteiger partial charge < -0.3 is 14.8 Å². The van der Waals surface area contributed by atoms with Gasteiger partial charge in [0.25, 0.3) is 5.91 Å². The number of esters is 1. The zero-order chi connectivity index (χ0) is 17.5. The van der Waals surface area contributed by atoms with Gasteiger partial charge in [-0.2, -0.15) is 0 Å². The van der Waals surface area contributed by atoms with Crippen molar-refractivity contribution in [2.45, 2.75) is 32.8 Å². The fourth-order valence-electron chi connectivity index (χ4n) is 2.14. The van der Waals surface area contributed by atoms with E-state index in [-0.39, 0.29) is 18.3 Å². The van der Waals surface area contributed by atoms with Gasteiger partial charge in [0.2, 0.25) is 0 Å². The van der Waals surface area contributed by atoms with Crippen molar-refractivity contribution in [2.75, 3.05) is 12.4 Å². The second kappa shape index (κ2) is 8.49. The van der Waals surface area contributed by atoms with E-state index >= 15 is 0 Å². The van der Waals surface area contributed by atoms with Crippen LogP contribution in [0.3, 0.4) is 0 Å². The smallest absolute Gasteiger partial charge is 0.306 e. The highest BCUT2D eigenvalue weighted by atomic mass is 32.1. The molecule has 0 bridgehead atoms. The fraction of sp³-hybridized carbons (Fsp3) is 0.333. The quantitative estimate of drug-likeness (QED) is 0.778. The topological polar surface area (TPSA) is 64.6 Å². The third-order valence-corrected chi connectivity index (χ3v) is 4.38.